The zero-order valence-electron chi connectivity index (χ0n) is 15.8. The third kappa shape index (κ3) is 3.37. The Morgan fingerprint density at radius 2 is 2.08 bits per heavy atom. The highest BCUT2D eigenvalue weighted by Crippen LogP contribution is 2.41. The molecule has 2 aromatic heterocycles. The number of fused-ring (bicyclic) bond motifs is 3. The minimum Gasteiger partial charge on any atom is -0.332 e. The second-order valence-electron chi connectivity index (χ2n) is 7.30. The summed E-state index contributed by atoms with van der Waals surface area (Å²) in [6.45, 7) is 11.2. The van der Waals surface area contributed by atoms with E-state index in [1.807, 2.05) is 30.1 Å². The van der Waals surface area contributed by atoms with Crippen molar-refractivity contribution < 1.29 is 9.69 Å². The fraction of sp³-hybridized carbons (Fsp3) is 0.632. The number of carbonyl (C=O) groups excluding carboxylic acids is 1. The van der Waals surface area contributed by atoms with E-state index in [2.05, 4.69) is 11.9 Å². The van der Waals surface area contributed by atoms with E-state index in [0.717, 1.165) is 61.2 Å². The molecule has 3 heterocycles. The van der Waals surface area contributed by atoms with Gasteiger partial charge in [0.15, 0.2) is 0 Å². The van der Waals surface area contributed by atoms with Crippen LogP contribution in [0.4, 0.5) is 0 Å². The molecule has 140 valence electrons. The predicted octanol–water partition coefficient (Wildman–Crippen LogP) is 1.72. The number of amides is 1. The van der Waals surface area contributed by atoms with Crippen molar-refractivity contribution in [2.75, 3.05) is 32.7 Å². The van der Waals surface area contributed by atoms with Gasteiger partial charge >= 0.3 is 0 Å². The Hall–Kier alpha value is -1.18. The summed E-state index contributed by atoms with van der Waals surface area (Å²) in [4.78, 5) is 28.5. The number of aryl methyl sites for hydroxylation is 3. The summed E-state index contributed by atoms with van der Waals surface area (Å²) in [5, 5.41) is 2.12. The molecule has 0 radical (unpaired) electrons. The Bertz CT molecular complexity index is 827. The van der Waals surface area contributed by atoms with Gasteiger partial charge in [0.1, 0.15) is 15.7 Å². The van der Waals surface area contributed by atoms with E-state index in [9.17, 15) is 4.79 Å². The first-order valence-corrected chi connectivity index (χ1v) is 11.3. The van der Waals surface area contributed by atoms with Crippen LogP contribution in [0.2, 0.25) is 0 Å². The van der Waals surface area contributed by atoms with Crippen LogP contribution in [0.25, 0.3) is 10.2 Å². The van der Waals surface area contributed by atoms with Crippen molar-refractivity contribution in [3.8, 4) is 0 Å². The number of thiophene rings is 1. The van der Waals surface area contributed by atoms with E-state index in [1.54, 1.807) is 16.7 Å². The maximum atomic E-state index is 12.9. The van der Waals surface area contributed by atoms with Crippen LogP contribution < -0.4 is 4.90 Å². The summed E-state index contributed by atoms with van der Waals surface area (Å²) in [7, 11) is 0. The van der Waals surface area contributed by atoms with Crippen LogP contribution in [0.1, 0.15) is 36.5 Å². The molecule has 1 amide bonds. The molecule has 0 spiro atoms. The van der Waals surface area contributed by atoms with Crippen LogP contribution in [-0.4, -0.2) is 58.7 Å². The molecule has 1 fully saturated rings. The Kier molecular flexibility index (Phi) is 5.21. The number of carbonyl (C=O) groups is 1. The minimum absolute atomic E-state index is 0.104. The smallest absolute Gasteiger partial charge is 0.236 e. The number of hydrogen-bond acceptors (Lipinski definition) is 5. The fourth-order valence-corrected chi connectivity index (χ4v) is 6.50. The number of likely N-dealkylation sites (N-methyl/N-ethyl adjacent to an activating group) is 1. The van der Waals surface area contributed by atoms with Gasteiger partial charge in [-0.25, -0.2) is 9.97 Å². The van der Waals surface area contributed by atoms with Crippen molar-refractivity contribution in [1.82, 2.24) is 14.9 Å². The Labute approximate surface area is 163 Å². The quantitative estimate of drug-likeness (QED) is 0.637. The summed E-state index contributed by atoms with van der Waals surface area (Å²) in [5.41, 5.74) is 1.44. The van der Waals surface area contributed by atoms with E-state index in [-0.39, 0.29) is 11.2 Å². The molecule has 0 aromatic carbocycles. The summed E-state index contributed by atoms with van der Waals surface area (Å²) < 4.78 is 0. The molecule has 0 unspecified atom stereocenters. The van der Waals surface area contributed by atoms with Crippen molar-refractivity contribution in [2.45, 2.75) is 50.3 Å². The number of hydrogen-bond donors (Lipinski definition) is 1. The Balaban J connectivity index is 1.54. The molecule has 1 saturated heterocycles. The lowest BCUT2D eigenvalue weighted by Crippen LogP contribution is -3.14. The average molecular weight is 392 g/mol. The SMILES string of the molecule is CC[NH+]1CCN(C(=O)[C@@H](C)Sc2nc(C)nc3sc4c(c23)CCC4)CC1. The van der Waals surface area contributed by atoms with Crippen LogP contribution in [0.3, 0.4) is 0 Å². The highest BCUT2D eigenvalue weighted by Gasteiger charge is 2.29. The number of piperazine rings is 1. The number of thioether (sulfide) groups is 1. The van der Waals surface area contributed by atoms with Gasteiger partial charge in [-0.1, -0.05) is 11.8 Å². The van der Waals surface area contributed by atoms with Crippen LogP contribution >= 0.6 is 23.1 Å². The second kappa shape index (κ2) is 7.44. The number of quaternary nitrogens is 1. The second-order valence-corrected chi connectivity index (χ2v) is 9.72. The van der Waals surface area contributed by atoms with Crippen LogP contribution in [0.5, 0.6) is 0 Å². The topological polar surface area (TPSA) is 50.5 Å². The first kappa shape index (κ1) is 18.2. The monoisotopic (exact) mass is 391 g/mol. The van der Waals surface area contributed by atoms with Gasteiger partial charge in [-0.3, -0.25) is 4.79 Å². The first-order valence-electron chi connectivity index (χ1n) is 9.64. The molecule has 1 aliphatic carbocycles. The van der Waals surface area contributed by atoms with Gasteiger partial charge in [-0.2, -0.15) is 0 Å². The lowest BCUT2D eigenvalue weighted by atomic mass is 10.2. The van der Waals surface area contributed by atoms with Crippen LogP contribution in [0.15, 0.2) is 5.03 Å². The summed E-state index contributed by atoms with van der Waals surface area (Å²) in [6.07, 6.45) is 3.52. The zero-order chi connectivity index (χ0) is 18.3. The third-order valence-electron chi connectivity index (χ3n) is 5.56. The molecular formula is C19H27N4OS2+. The first-order chi connectivity index (χ1) is 12.6. The highest BCUT2D eigenvalue weighted by atomic mass is 32.2. The van der Waals surface area contributed by atoms with Crippen molar-refractivity contribution in [1.29, 1.82) is 0 Å². The van der Waals surface area contributed by atoms with Crippen molar-refractivity contribution in [3.05, 3.63) is 16.3 Å². The van der Waals surface area contributed by atoms with Crippen molar-refractivity contribution in [3.63, 3.8) is 0 Å². The molecule has 1 aliphatic heterocycles. The van der Waals surface area contributed by atoms with Gasteiger partial charge in [0, 0.05) is 10.3 Å². The van der Waals surface area contributed by atoms with Crippen molar-refractivity contribution in [2.24, 2.45) is 0 Å². The van der Waals surface area contributed by atoms with E-state index >= 15 is 0 Å². The van der Waals surface area contributed by atoms with Crippen molar-refractivity contribution >= 4 is 39.2 Å². The molecule has 4 rings (SSSR count). The van der Waals surface area contributed by atoms with Gasteiger partial charge in [0.05, 0.1) is 38.0 Å². The molecule has 2 aliphatic rings. The zero-order valence-corrected chi connectivity index (χ0v) is 17.4. The Morgan fingerprint density at radius 3 is 2.81 bits per heavy atom. The van der Waals surface area contributed by atoms with E-state index in [4.69, 9.17) is 4.98 Å². The molecular weight excluding hydrogens is 364 g/mol. The largest absolute Gasteiger partial charge is 0.332 e. The van der Waals surface area contributed by atoms with Crippen LogP contribution in [0, 0.1) is 6.92 Å². The third-order valence-corrected chi connectivity index (χ3v) is 7.82. The maximum absolute atomic E-state index is 12.9. The Morgan fingerprint density at radius 1 is 1.31 bits per heavy atom. The fourth-order valence-electron chi connectivity index (χ4n) is 4.02. The summed E-state index contributed by atoms with van der Waals surface area (Å²) in [5.74, 6) is 1.06. The highest BCUT2D eigenvalue weighted by molar-refractivity contribution is 8.00. The number of rotatable bonds is 4. The summed E-state index contributed by atoms with van der Waals surface area (Å²) in [6, 6.07) is 0. The summed E-state index contributed by atoms with van der Waals surface area (Å²) >= 11 is 3.44. The number of nitrogens with zero attached hydrogens (tertiary/aromatic N) is 3. The molecule has 0 bridgehead atoms. The number of nitrogens with one attached hydrogen (secondary N) is 1. The molecule has 7 heteroatoms. The lowest BCUT2D eigenvalue weighted by molar-refractivity contribution is -0.902. The standard InChI is InChI=1S/C19H26N4OS2/c1-4-22-8-10-23(11-9-22)19(24)12(2)25-17-16-14-6-5-7-15(14)26-18(16)21-13(3)20-17/h12H,4-11H2,1-3H3/p+1/t12-/m1/s1. The lowest BCUT2D eigenvalue weighted by Gasteiger charge is -2.33. The van der Waals surface area contributed by atoms with Gasteiger partial charge in [0.2, 0.25) is 5.91 Å². The molecule has 0 saturated carbocycles. The van der Waals surface area contributed by atoms with E-state index in [1.165, 1.54) is 22.2 Å². The molecule has 26 heavy (non-hydrogen) atoms. The van der Waals surface area contributed by atoms with E-state index < -0.39 is 0 Å². The normalized spacial score (nSPS) is 19.1. The van der Waals surface area contributed by atoms with E-state index in [0.29, 0.717) is 0 Å². The molecule has 2 aromatic rings. The molecule has 1 N–H and O–H groups in total. The average Bonchev–Trinajstić information content (AvgIpc) is 3.21. The minimum atomic E-state index is -0.104. The van der Waals surface area contributed by atoms with Gasteiger partial charge in [-0.05, 0) is 45.6 Å². The molecule has 1 atom stereocenters. The van der Waals surface area contributed by atoms with Gasteiger partial charge < -0.3 is 9.80 Å². The maximum Gasteiger partial charge on any atom is 0.236 e. The van der Waals surface area contributed by atoms with Crippen LogP contribution in [-0.2, 0) is 17.6 Å². The predicted molar refractivity (Wildman–Crippen MR) is 107 cm³/mol. The number of aromatic nitrogens is 2. The van der Waals surface area contributed by atoms with Gasteiger partial charge in [0.25, 0.3) is 0 Å². The van der Waals surface area contributed by atoms with Gasteiger partial charge in [-0.15, -0.1) is 11.3 Å². The molecule has 5 nitrogen and oxygen atoms in total.